The number of nitrogens with zero attached hydrogens (tertiary/aromatic N) is 2. The molecule has 2 heterocycles. The van der Waals surface area contributed by atoms with Gasteiger partial charge < -0.3 is 33.0 Å². The summed E-state index contributed by atoms with van der Waals surface area (Å²) in [6.45, 7) is 12.9. The topological polar surface area (TPSA) is 115 Å². The molecule has 1 aromatic heterocycles. The Bertz CT molecular complexity index is 2460. The lowest BCUT2D eigenvalue weighted by Crippen LogP contribution is -2.46. The normalized spacial score (nSPS) is 16.5. The zero-order valence-corrected chi connectivity index (χ0v) is 38.5. The minimum Gasteiger partial charge on any atom is -0.496 e. The Kier molecular flexibility index (Phi) is 14.3. The van der Waals surface area contributed by atoms with Gasteiger partial charge in [-0.2, -0.15) is 0 Å². The smallest absolute Gasteiger partial charge is 0.308 e. The first-order chi connectivity index (χ1) is 29.7. The molecule has 63 heavy (non-hydrogen) atoms. The second-order valence-electron chi connectivity index (χ2n) is 17.3. The van der Waals surface area contributed by atoms with E-state index in [-0.39, 0.29) is 30.4 Å². The highest BCUT2D eigenvalue weighted by atomic mass is 32.2. The number of carbonyl (C=O) groups is 1. The van der Waals surface area contributed by atoms with Gasteiger partial charge in [0.2, 0.25) is 0 Å². The molecule has 0 amide bonds. The second-order valence-corrected chi connectivity index (χ2v) is 19.1. The minimum atomic E-state index is -4.60. The van der Waals surface area contributed by atoms with E-state index in [1.54, 1.807) is 80.6 Å². The summed E-state index contributed by atoms with van der Waals surface area (Å²) in [4.78, 5) is 12.9. The van der Waals surface area contributed by atoms with Gasteiger partial charge in [-0.3, -0.25) is 9.10 Å². The van der Waals surface area contributed by atoms with E-state index >= 15 is 8.42 Å². The van der Waals surface area contributed by atoms with Gasteiger partial charge in [-0.05, 0) is 107 Å². The van der Waals surface area contributed by atoms with Gasteiger partial charge in [0.15, 0.2) is 5.79 Å². The maximum absolute atomic E-state index is 16.1. The number of sulfonamides is 1. The van der Waals surface area contributed by atoms with E-state index in [1.807, 2.05) is 39.2 Å². The number of para-hydroxylation sites is 1. The lowest BCUT2D eigenvalue weighted by atomic mass is 10.00. The summed E-state index contributed by atoms with van der Waals surface area (Å²) in [6.07, 6.45) is -0.147. The second kappa shape index (κ2) is 19.1. The highest BCUT2D eigenvalue weighted by Crippen LogP contribution is 2.47. The summed E-state index contributed by atoms with van der Waals surface area (Å²) in [5, 5.41) is 0. The molecule has 1 aliphatic rings. The van der Waals surface area contributed by atoms with E-state index < -0.39 is 51.2 Å². The van der Waals surface area contributed by atoms with Crippen LogP contribution in [0, 0.1) is 11.6 Å². The molecule has 11 nitrogen and oxygen atoms in total. The molecule has 5 aromatic rings. The Labute approximate surface area is 369 Å². The van der Waals surface area contributed by atoms with Gasteiger partial charge in [-0.25, -0.2) is 17.2 Å². The average molecular weight is 889 g/mol. The quantitative estimate of drug-likeness (QED) is 0.0893. The zero-order valence-electron chi connectivity index (χ0n) is 37.7. The van der Waals surface area contributed by atoms with Crippen LogP contribution in [0.5, 0.6) is 17.2 Å². The van der Waals surface area contributed by atoms with Gasteiger partial charge in [0.05, 0.1) is 63.4 Å². The number of methoxy groups -OCH3 is 3. The molecule has 1 saturated heterocycles. The number of ether oxygens (including phenoxy) is 6. The molecule has 4 aromatic carbocycles. The molecular formula is C49H58F2N2O9S. The molecule has 14 heteroatoms. The van der Waals surface area contributed by atoms with Crippen molar-refractivity contribution in [2.24, 2.45) is 0 Å². The van der Waals surface area contributed by atoms with Crippen LogP contribution < -0.4 is 18.5 Å². The van der Waals surface area contributed by atoms with Crippen molar-refractivity contribution < 1.29 is 50.4 Å². The number of anilines is 1. The fraction of sp³-hybridized carbons (Fsp3) is 0.408. The van der Waals surface area contributed by atoms with Crippen molar-refractivity contribution in [2.45, 2.75) is 115 Å². The van der Waals surface area contributed by atoms with E-state index in [0.717, 1.165) is 0 Å². The van der Waals surface area contributed by atoms with Crippen LogP contribution in [0.15, 0.2) is 95.9 Å². The van der Waals surface area contributed by atoms with Crippen molar-refractivity contribution in [3.63, 3.8) is 0 Å². The van der Waals surface area contributed by atoms with Gasteiger partial charge in [0.25, 0.3) is 10.0 Å². The van der Waals surface area contributed by atoms with Crippen LogP contribution in [0.2, 0.25) is 0 Å². The number of hydrogen-bond acceptors (Lipinski definition) is 9. The van der Waals surface area contributed by atoms with Gasteiger partial charge in [0.1, 0.15) is 39.4 Å². The first kappa shape index (κ1) is 47.0. The number of benzene rings is 4. The maximum Gasteiger partial charge on any atom is 0.308 e. The molecule has 0 bridgehead atoms. The van der Waals surface area contributed by atoms with Gasteiger partial charge >= 0.3 is 5.97 Å². The number of carbonyl (C=O) groups excluding carboxylic acids is 1. The Hall–Kier alpha value is -5.44. The fourth-order valence-electron chi connectivity index (χ4n) is 8.23. The van der Waals surface area contributed by atoms with Crippen molar-refractivity contribution in [1.82, 2.24) is 4.57 Å². The fourth-order valence-corrected chi connectivity index (χ4v) is 10.2. The summed E-state index contributed by atoms with van der Waals surface area (Å²) in [6, 6.07) is 23.6. The average Bonchev–Trinajstić information content (AvgIpc) is 3.57. The summed E-state index contributed by atoms with van der Waals surface area (Å²) in [5.41, 5.74) is 2.40. The first-order valence-electron chi connectivity index (χ1n) is 21.0. The van der Waals surface area contributed by atoms with Crippen LogP contribution in [0.25, 0.3) is 22.4 Å². The van der Waals surface area contributed by atoms with Crippen molar-refractivity contribution in [3.05, 3.63) is 114 Å². The van der Waals surface area contributed by atoms with E-state index in [4.69, 9.17) is 28.4 Å². The van der Waals surface area contributed by atoms with Gasteiger partial charge in [0, 0.05) is 36.4 Å². The number of esters is 1. The van der Waals surface area contributed by atoms with Crippen LogP contribution in [0.3, 0.4) is 0 Å². The van der Waals surface area contributed by atoms with E-state index in [2.05, 4.69) is 0 Å². The minimum absolute atomic E-state index is 0.00485. The molecular weight excluding hydrogens is 831 g/mol. The SMILES string of the molecule is COc1cc(OC)c(CN(c2ccccc2)S(=O)(=O)c2c(-c3ccc(F)cc3)c(-c3ccc(F)cc3)n(CC[C@@H]3C[C@H](CC(=O)OC(C)(C)C)OC(C)(C)O3)c2C(C)C)c(OC)c1. The first-order valence-corrected chi connectivity index (χ1v) is 22.4. The van der Waals surface area contributed by atoms with Crippen LogP contribution >= 0.6 is 0 Å². The molecule has 6 rings (SSSR count). The molecule has 0 N–H and O–H groups in total. The number of hydrogen-bond donors (Lipinski definition) is 0. The molecule has 0 radical (unpaired) electrons. The van der Waals surface area contributed by atoms with Gasteiger partial charge in [-0.1, -0.05) is 44.2 Å². The molecule has 0 aliphatic carbocycles. The lowest BCUT2D eigenvalue weighted by molar-refractivity contribution is -0.301. The molecule has 2 atom stereocenters. The molecule has 1 aliphatic heterocycles. The number of aromatic nitrogens is 1. The number of rotatable bonds is 16. The predicted molar refractivity (Wildman–Crippen MR) is 239 cm³/mol. The highest BCUT2D eigenvalue weighted by Gasteiger charge is 2.41. The lowest BCUT2D eigenvalue weighted by Gasteiger charge is -2.41. The summed E-state index contributed by atoms with van der Waals surface area (Å²) >= 11 is 0. The van der Waals surface area contributed by atoms with Crippen LogP contribution in [-0.4, -0.2) is 63.9 Å². The third-order valence-electron chi connectivity index (χ3n) is 10.7. The zero-order chi connectivity index (χ0) is 45.9. The van der Waals surface area contributed by atoms with Gasteiger partial charge in [-0.15, -0.1) is 0 Å². The van der Waals surface area contributed by atoms with Crippen molar-refractivity contribution in [2.75, 3.05) is 25.6 Å². The Balaban J connectivity index is 1.59. The standard InChI is InChI=1S/C49H58F2N2O9S/c1-31(2)45-47(63(55,56)53(36-14-12-11-13-15-36)30-40-41(58-9)27-38(57-8)28-42(40)59-10)44(32-16-20-34(50)21-17-32)46(33-18-22-35(51)23-19-33)52(45)25-24-37-26-39(61-49(6,7)60-37)29-43(54)62-48(3,4)5/h11-23,27-28,31,37,39H,24-26,29-30H2,1-10H3/t37-,39-/m1/s1. The van der Waals surface area contributed by atoms with E-state index in [9.17, 15) is 13.6 Å². The third-order valence-corrected chi connectivity index (χ3v) is 12.5. The molecule has 1 fully saturated rings. The van der Waals surface area contributed by atoms with E-state index in [1.165, 1.54) is 49.9 Å². The number of halogens is 2. The Morgan fingerprint density at radius 1 is 0.841 bits per heavy atom. The molecule has 0 unspecified atom stereocenters. The molecule has 338 valence electrons. The van der Waals surface area contributed by atoms with Crippen LogP contribution in [0.4, 0.5) is 14.5 Å². The largest absolute Gasteiger partial charge is 0.496 e. The predicted octanol–water partition coefficient (Wildman–Crippen LogP) is 10.7. The van der Waals surface area contributed by atoms with E-state index in [0.29, 0.717) is 69.4 Å². The maximum atomic E-state index is 16.1. The summed E-state index contributed by atoms with van der Waals surface area (Å²) in [7, 11) is -0.112. The van der Waals surface area contributed by atoms with Crippen molar-refractivity contribution in [3.8, 4) is 39.6 Å². The Morgan fingerprint density at radius 2 is 1.40 bits per heavy atom. The van der Waals surface area contributed by atoms with Crippen molar-refractivity contribution >= 4 is 21.7 Å². The summed E-state index contributed by atoms with van der Waals surface area (Å²) < 4.78 is 100. The third kappa shape index (κ3) is 10.9. The monoisotopic (exact) mass is 888 g/mol. The van der Waals surface area contributed by atoms with Crippen LogP contribution in [-0.2, 0) is 42.1 Å². The van der Waals surface area contributed by atoms with Crippen LogP contribution in [0.1, 0.15) is 84.9 Å². The van der Waals surface area contributed by atoms with Crippen molar-refractivity contribution in [1.29, 1.82) is 0 Å². The Morgan fingerprint density at radius 3 is 1.92 bits per heavy atom. The highest BCUT2D eigenvalue weighted by molar-refractivity contribution is 7.93. The molecule has 0 spiro atoms. The molecule has 0 saturated carbocycles. The summed E-state index contributed by atoms with van der Waals surface area (Å²) in [5.74, 6) is -1.65.